The molecule has 0 fully saturated rings. The fourth-order valence-electron chi connectivity index (χ4n) is 2.89. The molecule has 3 rings (SSSR count). The van der Waals surface area contributed by atoms with Crippen molar-refractivity contribution in [3.63, 3.8) is 0 Å². The van der Waals surface area contributed by atoms with E-state index in [2.05, 4.69) is 10.4 Å². The van der Waals surface area contributed by atoms with Gasteiger partial charge in [0.2, 0.25) is 5.91 Å². The molecule has 1 N–H and O–H groups in total. The molecule has 2 aromatic carbocycles. The molecule has 0 saturated carbocycles. The monoisotopic (exact) mass is 416 g/mol. The number of hydrogen-bond donors (Lipinski definition) is 1. The Kier molecular flexibility index (Phi) is 6.20. The van der Waals surface area contributed by atoms with Crippen LogP contribution in [-0.4, -0.2) is 39.6 Å². The zero-order valence-electron chi connectivity index (χ0n) is 16.1. The van der Waals surface area contributed by atoms with Crippen molar-refractivity contribution in [2.45, 2.75) is 13.1 Å². The van der Waals surface area contributed by atoms with E-state index in [0.717, 1.165) is 11.8 Å². The van der Waals surface area contributed by atoms with Crippen molar-refractivity contribution in [1.82, 2.24) is 14.7 Å². The molecule has 0 aliphatic heterocycles. The topological polar surface area (TPSA) is 67.2 Å². The number of para-hydroxylation sites is 1. The normalized spacial score (nSPS) is 11.2. The number of amides is 2. The maximum Gasteiger partial charge on any atom is 0.418 e. The average Bonchev–Trinajstić information content (AvgIpc) is 3.26. The maximum atomic E-state index is 13.1. The second-order valence-corrected chi connectivity index (χ2v) is 6.41. The summed E-state index contributed by atoms with van der Waals surface area (Å²) >= 11 is 0. The van der Waals surface area contributed by atoms with Gasteiger partial charge >= 0.3 is 6.18 Å². The van der Waals surface area contributed by atoms with Gasteiger partial charge in [0.1, 0.15) is 6.54 Å². The van der Waals surface area contributed by atoms with E-state index in [0.29, 0.717) is 5.56 Å². The van der Waals surface area contributed by atoms with Gasteiger partial charge in [-0.3, -0.25) is 9.59 Å². The molecule has 0 unspecified atom stereocenters. The fraction of sp³-hybridized carbons (Fsp3) is 0.190. The zero-order valence-corrected chi connectivity index (χ0v) is 16.1. The van der Waals surface area contributed by atoms with E-state index in [1.165, 1.54) is 23.1 Å². The van der Waals surface area contributed by atoms with E-state index >= 15 is 0 Å². The largest absolute Gasteiger partial charge is 0.418 e. The molecule has 0 radical (unpaired) electrons. The molecule has 156 valence electrons. The summed E-state index contributed by atoms with van der Waals surface area (Å²) in [7, 11) is 0. The lowest BCUT2D eigenvalue weighted by Gasteiger charge is -2.21. The Morgan fingerprint density at radius 2 is 1.77 bits per heavy atom. The molecule has 0 aliphatic carbocycles. The van der Waals surface area contributed by atoms with Crippen LogP contribution < -0.4 is 5.32 Å². The first kappa shape index (κ1) is 21.1. The van der Waals surface area contributed by atoms with Gasteiger partial charge in [-0.1, -0.05) is 12.1 Å². The van der Waals surface area contributed by atoms with E-state index in [-0.39, 0.29) is 18.8 Å². The minimum Gasteiger partial charge on any atom is -0.330 e. The summed E-state index contributed by atoms with van der Waals surface area (Å²) < 4.78 is 40.9. The van der Waals surface area contributed by atoms with Crippen molar-refractivity contribution < 1.29 is 22.8 Å². The highest BCUT2D eigenvalue weighted by Crippen LogP contribution is 2.34. The fourth-order valence-corrected chi connectivity index (χ4v) is 2.89. The Morgan fingerprint density at radius 1 is 1.07 bits per heavy atom. The summed E-state index contributed by atoms with van der Waals surface area (Å²) in [5, 5.41) is 6.36. The first-order chi connectivity index (χ1) is 14.3. The number of nitrogens with one attached hydrogen (secondary N) is 1. The summed E-state index contributed by atoms with van der Waals surface area (Å²) in [6.07, 6.45) is -1.20. The van der Waals surface area contributed by atoms with E-state index in [9.17, 15) is 22.8 Å². The molecule has 0 aliphatic rings. The molecular weight excluding hydrogens is 397 g/mol. The Labute approximate surface area is 170 Å². The number of halogens is 3. The number of carbonyl (C=O) groups is 2. The predicted molar refractivity (Wildman–Crippen MR) is 105 cm³/mol. The van der Waals surface area contributed by atoms with Crippen LogP contribution in [-0.2, 0) is 11.0 Å². The highest BCUT2D eigenvalue weighted by molar-refractivity contribution is 5.99. The van der Waals surface area contributed by atoms with Gasteiger partial charge in [-0.05, 0) is 49.4 Å². The van der Waals surface area contributed by atoms with E-state index in [1.54, 1.807) is 54.3 Å². The Hall–Kier alpha value is -3.62. The van der Waals surface area contributed by atoms with Gasteiger partial charge < -0.3 is 10.2 Å². The van der Waals surface area contributed by atoms with Gasteiger partial charge in [0.05, 0.1) is 16.9 Å². The summed E-state index contributed by atoms with van der Waals surface area (Å²) in [4.78, 5) is 26.3. The Balaban J connectivity index is 1.69. The van der Waals surface area contributed by atoms with Gasteiger partial charge in [-0.25, -0.2) is 4.68 Å². The number of carbonyl (C=O) groups excluding carboxylic acids is 2. The molecule has 1 aromatic heterocycles. The number of alkyl halides is 3. The average molecular weight is 416 g/mol. The first-order valence-electron chi connectivity index (χ1n) is 9.15. The van der Waals surface area contributed by atoms with Crippen molar-refractivity contribution in [3.05, 3.63) is 78.1 Å². The number of likely N-dealkylation sites (N-methyl/N-ethyl adjacent to an activating group) is 1. The van der Waals surface area contributed by atoms with Crippen LogP contribution in [0.3, 0.4) is 0 Å². The van der Waals surface area contributed by atoms with Gasteiger partial charge in [-0.15, -0.1) is 0 Å². The third-order valence-electron chi connectivity index (χ3n) is 4.39. The smallest absolute Gasteiger partial charge is 0.330 e. The Bertz CT molecular complexity index is 1020. The van der Waals surface area contributed by atoms with Gasteiger partial charge in [0.15, 0.2) is 0 Å². The SMILES string of the molecule is CCN(CC(=O)Nc1ccccc1C(F)(F)F)C(=O)c1ccc(-n2cccn2)cc1. The standard InChI is InChI=1S/C21H19F3N4O2/c1-2-27(14-19(29)26-18-7-4-3-6-17(18)21(22,23)24)20(30)15-8-10-16(11-9-15)28-13-5-12-25-28/h3-13H,2,14H2,1H3,(H,26,29). The van der Waals surface area contributed by atoms with Gasteiger partial charge in [0, 0.05) is 24.5 Å². The number of benzene rings is 2. The van der Waals surface area contributed by atoms with Crippen LogP contribution >= 0.6 is 0 Å². The lowest BCUT2D eigenvalue weighted by molar-refractivity contribution is -0.137. The van der Waals surface area contributed by atoms with Crippen LogP contribution in [0.5, 0.6) is 0 Å². The summed E-state index contributed by atoms with van der Waals surface area (Å²) in [5.74, 6) is -1.11. The molecule has 6 nitrogen and oxygen atoms in total. The van der Waals surface area contributed by atoms with Gasteiger partial charge in [0.25, 0.3) is 5.91 Å². The van der Waals surface area contributed by atoms with Gasteiger partial charge in [-0.2, -0.15) is 18.3 Å². The molecular formula is C21H19F3N4O2. The van der Waals surface area contributed by atoms with E-state index in [1.807, 2.05) is 0 Å². The van der Waals surface area contributed by atoms with Crippen LogP contribution in [0.1, 0.15) is 22.8 Å². The van der Waals surface area contributed by atoms with Crippen molar-refractivity contribution >= 4 is 17.5 Å². The molecule has 0 spiro atoms. The molecule has 0 bridgehead atoms. The van der Waals surface area contributed by atoms with Crippen LogP contribution in [0.25, 0.3) is 5.69 Å². The van der Waals surface area contributed by atoms with Crippen molar-refractivity contribution in [2.75, 3.05) is 18.4 Å². The minimum absolute atomic E-state index is 0.216. The van der Waals surface area contributed by atoms with Crippen molar-refractivity contribution in [3.8, 4) is 5.69 Å². The number of anilines is 1. The third-order valence-corrected chi connectivity index (χ3v) is 4.39. The van der Waals surface area contributed by atoms with Crippen LogP contribution in [0.2, 0.25) is 0 Å². The minimum atomic E-state index is -4.60. The number of hydrogen-bond acceptors (Lipinski definition) is 3. The molecule has 2 amide bonds. The molecule has 3 aromatic rings. The lowest BCUT2D eigenvalue weighted by atomic mass is 10.1. The van der Waals surface area contributed by atoms with Crippen LogP contribution in [0.15, 0.2) is 67.0 Å². The summed E-state index contributed by atoms with van der Waals surface area (Å²) in [5.41, 5.74) is -0.165. The number of rotatable bonds is 6. The predicted octanol–water partition coefficient (Wildman–Crippen LogP) is 3.99. The second-order valence-electron chi connectivity index (χ2n) is 6.41. The molecule has 0 saturated heterocycles. The first-order valence-corrected chi connectivity index (χ1v) is 9.15. The van der Waals surface area contributed by atoms with Crippen LogP contribution in [0.4, 0.5) is 18.9 Å². The summed E-state index contributed by atoms with van der Waals surface area (Å²) in [6.45, 7) is 1.53. The number of aromatic nitrogens is 2. The second kappa shape index (κ2) is 8.81. The molecule has 0 atom stereocenters. The van der Waals surface area contributed by atoms with Crippen molar-refractivity contribution in [1.29, 1.82) is 0 Å². The van der Waals surface area contributed by atoms with E-state index in [4.69, 9.17) is 0 Å². The zero-order chi connectivity index (χ0) is 21.7. The van der Waals surface area contributed by atoms with Crippen molar-refractivity contribution in [2.24, 2.45) is 0 Å². The van der Waals surface area contributed by atoms with Crippen LogP contribution in [0, 0.1) is 0 Å². The highest BCUT2D eigenvalue weighted by atomic mass is 19.4. The molecule has 1 heterocycles. The lowest BCUT2D eigenvalue weighted by Crippen LogP contribution is -2.38. The summed E-state index contributed by atoms with van der Waals surface area (Å²) in [6, 6.07) is 13.1. The molecule has 30 heavy (non-hydrogen) atoms. The maximum absolute atomic E-state index is 13.1. The number of nitrogens with zero attached hydrogens (tertiary/aromatic N) is 3. The molecule has 9 heteroatoms. The highest BCUT2D eigenvalue weighted by Gasteiger charge is 2.33. The van der Waals surface area contributed by atoms with E-state index < -0.39 is 23.6 Å². The third kappa shape index (κ3) is 4.86. The Morgan fingerprint density at radius 3 is 2.37 bits per heavy atom. The quantitative estimate of drug-likeness (QED) is 0.661.